The third kappa shape index (κ3) is 4.20. The van der Waals surface area contributed by atoms with Crippen molar-refractivity contribution in [2.45, 2.75) is 57.2 Å². The van der Waals surface area contributed by atoms with Gasteiger partial charge in [0, 0.05) is 6.42 Å². The van der Waals surface area contributed by atoms with Crippen LogP contribution in [0.5, 0.6) is 0 Å². The second-order valence-corrected chi connectivity index (χ2v) is 15.2. The average molecular weight is 427 g/mol. The normalized spacial score (nSPS) is 19.6. The summed E-state index contributed by atoms with van der Waals surface area (Å²) in [7, 11) is -2.22. The Labute approximate surface area is 188 Å². The molecule has 1 aliphatic carbocycles. The highest BCUT2D eigenvalue weighted by Crippen LogP contribution is 2.48. The second kappa shape index (κ2) is 8.25. The molecule has 0 saturated carbocycles. The predicted octanol–water partition coefficient (Wildman–Crippen LogP) is 6.05. The van der Waals surface area contributed by atoms with Gasteiger partial charge in [-0.25, -0.2) is 0 Å². The van der Waals surface area contributed by atoms with Gasteiger partial charge in [0.1, 0.15) is 8.07 Å². The quantitative estimate of drug-likeness (QED) is 0.493. The first kappa shape index (κ1) is 21.8. The van der Waals surface area contributed by atoms with Crippen molar-refractivity contribution in [3.8, 4) is 0 Å². The van der Waals surface area contributed by atoms with Gasteiger partial charge >= 0.3 is 0 Å². The van der Waals surface area contributed by atoms with Gasteiger partial charge in [-0.2, -0.15) is 0 Å². The van der Waals surface area contributed by atoms with E-state index in [1.54, 1.807) is 0 Å². The number of hydrogen-bond acceptors (Lipinski definition) is 1. The third-order valence-electron chi connectivity index (χ3n) is 6.99. The van der Waals surface area contributed by atoms with Crippen LogP contribution in [-0.2, 0) is 0 Å². The molecule has 0 aliphatic heterocycles. The molecule has 1 N–H and O–H groups in total. The molecule has 2 heteroatoms. The summed E-state index contributed by atoms with van der Waals surface area (Å²) in [5.74, 6) is 0. The summed E-state index contributed by atoms with van der Waals surface area (Å²) in [5, 5.41) is 14.2. The van der Waals surface area contributed by atoms with Crippen molar-refractivity contribution in [1.82, 2.24) is 0 Å². The lowest BCUT2D eigenvalue weighted by atomic mass is 9.99. The molecule has 0 spiro atoms. The van der Waals surface area contributed by atoms with Gasteiger partial charge in [0.15, 0.2) is 0 Å². The standard InChI is InChI=1S/C29H34OSi/c1-28(2,3)31(25-16-10-6-11-17-25,26-18-12-7-13-19-26)22-24-20-29(4,30)21-27(24)23-14-8-5-9-15-23/h5-19,30H,20-22H2,1-4H3. The molecule has 0 aromatic heterocycles. The molecule has 1 nitrogen and oxygen atoms in total. The van der Waals surface area contributed by atoms with E-state index < -0.39 is 13.7 Å². The van der Waals surface area contributed by atoms with Crippen LogP contribution in [0.25, 0.3) is 5.57 Å². The first-order chi connectivity index (χ1) is 14.7. The first-order valence-corrected chi connectivity index (χ1v) is 13.5. The summed E-state index contributed by atoms with van der Waals surface area (Å²) >= 11 is 0. The van der Waals surface area contributed by atoms with Gasteiger partial charge in [-0.15, -0.1) is 0 Å². The van der Waals surface area contributed by atoms with Crippen LogP contribution >= 0.6 is 0 Å². The molecule has 31 heavy (non-hydrogen) atoms. The highest BCUT2D eigenvalue weighted by Gasteiger charge is 2.49. The van der Waals surface area contributed by atoms with E-state index in [-0.39, 0.29) is 5.04 Å². The molecule has 0 heterocycles. The topological polar surface area (TPSA) is 20.2 Å². The van der Waals surface area contributed by atoms with E-state index in [2.05, 4.69) is 112 Å². The molecule has 0 fully saturated rings. The van der Waals surface area contributed by atoms with Crippen molar-refractivity contribution in [2.75, 3.05) is 0 Å². The Kier molecular flexibility index (Phi) is 5.80. The minimum absolute atomic E-state index is 0.110. The van der Waals surface area contributed by atoms with Crippen LogP contribution in [0.1, 0.15) is 46.1 Å². The van der Waals surface area contributed by atoms with Crippen LogP contribution in [0.3, 0.4) is 0 Å². The zero-order chi connectivity index (χ0) is 22.1. The fraction of sp³-hybridized carbons (Fsp3) is 0.310. The van der Waals surface area contributed by atoms with Crippen LogP contribution in [0.2, 0.25) is 11.1 Å². The molecule has 1 atom stereocenters. The van der Waals surface area contributed by atoms with Crippen LogP contribution in [0, 0.1) is 0 Å². The number of benzene rings is 3. The summed E-state index contributed by atoms with van der Waals surface area (Å²) in [6.07, 6.45) is 1.48. The predicted molar refractivity (Wildman–Crippen MR) is 136 cm³/mol. The number of rotatable bonds is 5. The van der Waals surface area contributed by atoms with Gasteiger partial charge in [0.05, 0.1) is 5.60 Å². The van der Waals surface area contributed by atoms with E-state index in [4.69, 9.17) is 0 Å². The SMILES string of the molecule is CC1(O)CC(C[Si](c2ccccc2)(c2ccccc2)C(C)(C)C)=C(c2ccccc2)C1. The van der Waals surface area contributed by atoms with Gasteiger partial charge in [0.25, 0.3) is 0 Å². The van der Waals surface area contributed by atoms with Gasteiger partial charge in [-0.1, -0.05) is 128 Å². The van der Waals surface area contributed by atoms with Gasteiger partial charge < -0.3 is 5.11 Å². The van der Waals surface area contributed by atoms with E-state index in [1.165, 1.54) is 27.1 Å². The molecule has 3 aromatic rings. The zero-order valence-electron chi connectivity index (χ0n) is 19.2. The minimum Gasteiger partial charge on any atom is -0.390 e. The van der Waals surface area contributed by atoms with Gasteiger partial charge in [-0.3, -0.25) is 0 Å². The smallest absolute Gasteiger partial charge is 0.127 e. The zero-order valence-corrected chi connectivity index (χ0v) is 20.2. The van der Waals surface area contributed by atoms with E-state index in [0.29, 0.717) is 0 Å². The van der Waals surface area contributed by atoms with Crippen molar-refractivity contribution in [3.05, 3.63) is 102 Å². The molecular formula is C29H34OSi. The maximum Gasteiger partial charge on any atom is 0.127 e. The summed E-state index contributed by atoms with van der Waals surface area (Å²) in [6, 6.07) is 34.0. The van der Waals surface area contributed by atoms with Gasteiger partial charge in [0.2, 0.25) is 0 Å². The number of aliphatic hydroxyl groups is 1. The fourth-order valence-electron chi connectivity index (χ4n) is 5.52. The van der Waals surface area contributed by atoms with E-state index >= 15 is 0 Å². The Hall–Kier alpha value is -2.42. The molecule has 0 amide bonds. The highest BCUT2D eigenvalue weighted by molar-refractivity contribution is 7.04. The molecular weight excluding hydrogens is 392 g/mol. The lowest BCUT2D eigenvalue weighted by Gasteiger charge is -2.45. The summed E-state index contributed by atoms with van der Waals surface area (Å²) in [6.45, 7) is 9.23. The van der Waals surface area contributed by atoms with Crippen LogP contribution in [0.15, 0.2) is 96.6 Å². The lowest BCUT2D eigenvalue weighted by molar-refractivity contribution is 0.0741. The Balaban J connectivity index is 1.94. The molecule has 0 bridgehead atoms. The average Bonchev–Trinajstić information content (AvgIpc) is 3.07. The van der Waals surface area contributed by atoms with E-state index in [1.807, 2.05) is 6.92 Å². The Morgan fingerprint density at radius 3 is 1.65 bits per heavy atom. The molecule has 3 aromatic carbocycles. The summed E-state index contributed by atoms with van der Waals surface area (Å²) < 4.78 is 0. The van der Waals surface area contributed by atoms with Crippen molar-refractivity contribution in [2.24, 2.45) is 0 Å². The van der Waals surface area contributed by atoms with Crippen LogP contribution in [-0.4, -0.2) is 18.8 Å². The molecule has 1 aliphatic rings. The Morgan fingerprint density at radius 1 is 0.742 bits per heavy atom. The fourth-order valence-corrected chi connectivity index (χ4v) is 11.0. The molecule has 160 valence electrons. The lowest BCUT2D eigenvalue weighted by Crippen LogP contribution is -2.64. The van der Waals surface area contributed by atoms with Crippen LogP contribution in [0.4, 0.5) is 0 Å². The third-order valence-corrected chi connectivity index (χ3v) is 13.1. The largest absolute Gasteiger partial charge is 0.390 e. The Morgan fingerprint density at radius 2 is 1.19 bits per heavy atom. The van der Waals surface area contributed by atoms with Crippen molar-refractivity contribution < 1.29 is 5.11 Å². The van der Waals surface area contributed by atoms with Gasteiger partial charge in [-0.05, 0) is 35.6 Å². The molecule has 1 unspecified atom stereocenters. The molecule has 0 radical (unpaired) electrons. The summed E-state index contributed by atoms with van der Waals surface area (Å²) in [5.41, 5.74) is 3.36. The molecule has 0 saturated heterocycles. The minimum atomic E-state index is -2.22. The van der Waals surface area contributed by atoms with Crippen molar-refractivity contribution >= 4 is 24.0 Å². The van der Waals surface area contributed by atoms with Crippen LogP contribution < -0.4 is 10.4 Å². The molecule has 4 rings (SSSR count). The Bertz CT molecular complexity index is 1000. The van der Waals surface area contributed by atoms with E-state index in [0.717, 1.165) is 18.9 Å². The maximum absolute atomic E-state index is 11.1. The highest BCUT2D eigenvalue weighted by atomic mass is 28.3. The maximum atomic E-state index is 11.1. The second-order valence-electron chi connectivity index (χ2n) is 10.4. The van der Waals surface area contributed by atoms with Crippen molar-refractivity contribution in [1.29, 1.82) is 0 Å². The number of hydrogen-bond donors (Lipinski definition) is 1. The van der Waals surface area contributed by atoms with E-state index in [9.17, 15) is 5.11 Å². The monoisotopic (exact) mass is 426 g/mol. The summed E-state index contributed by atoms with van der Waals surface area (Å²) in [4.78, 5) is 0. The first-order valence-electron chi connectivity index (χ1n) is 11.3. The van der Waals surface area contributed by atoms with Crippen molar-refractivity contribution in [3.63, 3.8) is 0 Å².